The first-order chi connectivity index (χ1) is 33.7. The molecular weight excluding hydrogens is 937 g/mol. The SMILES string of the molecule is CCOC(=O)[C@H](Cc1ccccc1)NC(=O)NC(=O)[C@@H]1SC(N)=C(C#N)[C@H]1c1cccc(OC)c1.CCOC(=O)[C@H](Cc1ccccc1)NC(=O)NC(=O)[C@H]1SC(N)=C(C#N)[C@@H]1c1cccc(OC)c1. The standard InChI is InChI=1S/2C25H26N4O5S/c2*1-3-34-24(31)19(12-15-8-5-4-6-9-15)28-25(32)29-23(30)21-20(18(14-26)22(27)35-21)16-10-7-11-17(13-16)33-2/h2*4-11,13,19-21H,3,12,27H2,1-2H3,(H2,28,29,30,32)/t19-,20+,21+;19-,20-,21-/m00/s1. The second-order valence-electron chi connectivity index (χ2n) is 15.3. The van der Waals surface area contributed by atoms with Crippen LogP contribution in [0.15, 0.2) is 130 Å². The average Bonchev–Trinajstić information content (AvgIpc) is 3.90. The number of hydrogen-bond donors (Lipinski definition) is 6. The molecule has 0 saturated heterocycles. The number of methoxy groups -OCH3 is 2. The van der Waals surface area contributed by atoms with Crippen molar-refractivity contribution in [2.24, 2.45) is 11.5 Å². The monoisotopic (exact) mass is 988 g/mol. The number of carbonyl (C=O) groups excluding carboxylic acids is 6. The molecule has 0 aliphatic carbocycles. The number of ether oxygens (including phenoxy) is 4. The van der Waals surface area contributed by atoms with Gasteiger partial charge in [0.15, 0.2) is 0 Å². The Balaban J connectivity index is 0.000000261. The van der Waals surface area contributed by atoms with Gasteiger partial charge in [0.2, 0.25) is 11.8 Å². The minimum atomic E-state index is -0.992. The quantitative estimate of drug-likeness (QED) is 0.0789. The first kappa shape index (κ1) is 53.0. The maximum absolute atomic E-state index is 13.1. The second-order valence-corrected chi connectivity index (χ2v) is 17.6. The Labute approximate surface area is 413 Å². The molecule has 4 aromatic rings. The number of urea groups is 2. The van der Waals surface area contributed by atoms with Crippen LogP contribution in [0.4, 0.5) is 9.59 Å². The van der Waals surface area contributed by atoms with E-state index < -0.39 is 70.2 Å². The van der Waals surface area contributed by atoms with Crippen molar-refractivity contribution in [2.45, 2.75) is 61.1 Å². The summed E-state index contributed by atoms with van der Waals surface area (Å²) in [6.45, 7) is 3.63. The van der Waals surface area contributed by atoms with Gasteiger partial charge in [0.1, 0.15) is 34.1 Å². The highest BCUT2D eigenvalue weighted by atomic mass is 32.2. The van der Waals surface area contributed by atoms with Crippen LogP contribution in [0.5, 0.6) is 11.5 Å². The van der Waals surface area contributed by atoms with Crippen LogP contribution in [-0.2, 0) is 41.5 Å². The summed E-state index contributed by atoms with van der Waals surface area (Å²) < 4.78 is 20.7. The van der Waals surface area contributed by atoms with Gasteiger partial charge < -0.3 is 41.0 Å². The molecule has 0 radical (unpaired) electrons. The van der Waals surface area contributed by atoms with Gasteiger partial charge in [0.25, 0.3) is 0 Å². The summed E-state index contributed by atoms with van der Waals surface area (Å²) in [5.41, 5.74) is 15.5. The van der Waals surface area contributed by atoms with Crippen LogP contribution in [0.2, 0.25) is 0 Å². The Hall–Kier alpha value is -7.94. The average molecular weight is 989 g/mol. The van der Waals surface area contributed by atoms with Gasteiger partial charge in [-0.2, -0.15) is 10.5 Å². The van der Waals surface area contributed by atoms with Crippen LogP contribution >= 0.6 is 23.5 Å². The first-order valence-electron chi connectivity index (χ1n) is 21.8. The van der Waals surface area contributed by atoms with Crippen molar-refractivity contribution in [3.63, 3.8) is 0 Å². The zero-order chi connectivity index (χ0) is 50.7. The van der Waals surface area contributed by atoms with Crippen molar-refractivity contribution < 1.29 is 47.7 Å². The van der Waals surface area contributed by atoms with Gasteiger partial charge in [-0.1, -0.05) is 108 Å². The Morgan fingerprint density at radius 2 is 0.957 bits per heavy atom. The van der Waals surface area contributed by atoms with E-state index in [1.165, 1.54) is 14.2 Å². The number of allylic oxidation sites excluding steroid dienone is 2. The number of nitriles is 2. The second kappa shape index (κ2) is 26.0. The van der Waals surface area contributed by atoms with Crippen LogP contribution < -0.4 is 42.2 Å². The molecule has 2 aliphatic heterocycles. The van der Waals surface area contributed by atoms with E-state index in [1.807, 2.05) is 60.7 Å². The molecular formula is C50H52N8O10S2. The third-order valence-corrected chi connectivity index (χ3v) is 13.1. The minimum absolute atomic E-state index is 0.148. The molecule has 0 fully saturated rings. The number of hydrogen-bond acceptors (Lipinski definition) is 16. The van der Waals surface area contributed by atoms with Gasteiger partial charge in [-0.15, -0.1) is 0 Å². The summed E-state index contributed by atoms with van der Waals surface area (Å²) in [4.78, 5) is 76.5. The summed E-state index contributed by atoms with van der Waals surface area (Å²) in [5.74, 6) is -2.72. The zero-order valence-electron chi connectivity index (χ0n) is 38.6. The van der Waals surface area contributed by atoms with E-state index in [0.717, 1.165) is 34.7 Å². The normalized spacial score (nSPS) is 17.7. The molecule has 364 valence electrons. The molecule has 70 heavy (non-hydrogen) atoms. The fourth-order valence-electron chi connectivity index (χ4n) is 7.48. The minimum Gasteiger partial charge on any atom is -0.497 e. The number of benzene rings is 4. The number of imide groups is 2. The topological polar surface area (TPSA) is 287 Å². The molecule has 4 aromatic carbocycles. The highest BCUT2D eigenvalue weighted by molar-refractivity contribution is 8.04. The number of carbonyl (C=O) groups is 6. The van der Waals surface area contributed by atoms with Crippen LogP contribution in [0.3, 0.4) is 0 Å². The van der Waals surface area contributed by atoms with E-state index in [4.69, 9.17) is 30.4 Å². The van der Waals surface area contributed by atoms with Crippen molar-refractivity contribution in [2.75, 3.05) is 27.4 Å². The number of thioether (sulfide) groups is 2. The maximum Gasteiger partial charge on any atom is 0.329 e. The van der Waals surface area contributed by atoms with Crippen LogP contribution in [-0.4, -0.2) is 85.8 Å². The van der Waals surface area contributed by atoms with E-state index in [1.54, 1.807) is 62.4 Å². The fourth-order valence-corrected chi connectivity index (χ4v) is 9.82. The number of amides is 6. The van der Waals surface area contributed by atoms with Crippen molar-refractivity contribution in [1.82, 2.24) is 21.3 Å². The summed E-state index contributed by atoms with van der Waals surface area (Å²) in [5, 5.41) is 27.6. The molecule has 0 bridgehead atoms. The van der Waals surface area contributed by atoms with E-state index in [9.17, 15) is 39.3 Å². The third-order valence-electron chi connectivity index (χ3n) is 10.7. The predicted molar refractivity (Wildman–Crippen MR) is 262 cm³/mol. The van der Waals surface area contributed by atoms with E-state index in [-0.39, 0.29) is 47.3 Å². The lowest BCUT2D eigenvalue weighted by molar-refractivity contribution is -0.146. The predicted octanol–water partition coefficient (Wildman–Crippen LogP) is 5.18. The Kier molecular flexibility index (Phi) is 19.7. The largest absolute Gasteiger partial charge is 0.497 e. The summed E-state index contributed by atoms with van der Waals surface area (Å²) >= 11 is 2.02. The molecule has 6 amide bonds. The lowest BCUT2D eigenvalue weighted by Gasteiger charge is -2.21. The summed E-state index contributed by atoms with van der Waals surface area (Å²) in [6, 6.07) is 32.7. The van der Waals surface area contributed by atoms with Crippen molar-refractivity contribution in [3.05, 3.63) is 153 Å². The number of nitrogens with zero attached hydrogens (tertiary/aromatic N) is 2. The third kappa shape index (κ3) is 14.1. The fraction of sp³-hybridized carbons (Fsp3) is 0.280. The first-order valence-corrected chi connectivity index (χ1v) is 23.6. The lowest BCUT2D eigenvalue weighted by Crippen LogP contribution is -2.51. The van der Waals surface area contributed by atoms with Gasteiger partial charge in [0, 0.05) is 24.7 Å². The van der Waals surface area contributed by atoms with Gasteiger partial charge in [-0.25, -0.2) is 19.2 Å². The molecule has 6 rings (SSSR count). The lowest BCUT2D eigenvalue weighted by atomic mass is 9.88. The Bertz CT molecular complexity index is 2510. The Morgan fingerprint density at radius 3 is 1.29 bits per heavy atom. The van der Waals surface area contributed by atoms with Crippen molar-refractivity contribution >= 4 is 59.3 Å². The van der Waals surface area contributed by atoms with E-state index in [0.29, 0.717) is 22.6 Å². The summed E-state index contributed by atoms with van der Waals surface area (Å²) in [6.07, 6.45) is 0.387. The highest BCUT2D eigenvalue weighted by Gasteiger charge is 2.43. The zero-order valence-corrected chi connectivity index (χ0v) is 40.3. The molecule has 0 unspecified atom stereocenters. The van der Waals surface area contributed by atoms with Crippen molar-refractivity contribution in [1.29, 1.82) is 10.5 Å². The van der Waals surface area contributed by atoms with Gasteiger partial charge in [0.05, 0.1) is 60.8 Å². The van der Waals surface area contributed by atoms with Crippen LogP contribution in [0.1, 0.15) is 47.9 Å². The Morgan fingerprint density at radius 1 is 0.586 bits per heavy atom. The van der Waals surface area contributed by atoms with Crippen molar-refractivity contribution in [3.8, 4) is 23.6 Å². The number of nitrogens with two attached hydrogens (primary N) is 2. The molecule has 0 saturated carbocycles. The smallest absolute Gasteiger partial charge is 0.329 e. The molecule has 2 aliphatic rings. The molecule has 18 nitrogen and oxygen atoms in total. The summed E-state index contributed by atoms with van der Waals surface area (Å²) in [7, 11) is 3.03. The molecule has 0 aromatic heterocycles. The van der Waals surface area contributed by atoms with E-state index in [2.05, 4.69) is 33.4 Å². The van der Waals surface area contributed by atoms with E-state index >= 15 is 0 Å². The molecule has 20 heteroatoms. The number of esters is 2. The number of nitrogens with one attached hydrogen (secondary N) is 4. The molecule has 2 heterocycles. The van der Waals surface area contributed by atoms with Gasteiger partial charge in [-0.05, 0) is 60.4 Å². The van der Waals surface area contributed by atoms with Gasteiger partial charge >= 0.3 is 24.0 Å². The van der Waals surface area contributed by atoms with Gasteiger partial charge in [-0.3, -0.25) is 20.2 Å². The number of rotatable bonds is 16. The molecule has 6 atom stereocenters. The maximum atomic E-state index is 13.1. The molecule has 0 spiro atoms. The van der Waals surface area contributed by atoms with Crippen LogP contribution in [0, 0.1) is 22.7 Å². The van der Waals surface area contributed by atoms with Crippen LogP contribution in [0.25, 0.3) is 0 Å². The highest BCUT2D eigenvalue weighted by Crippen LogP contribution is 2.47. The molecule has 8 N–H and O–H groups in total.